The highest BCUT2D eigenvalue weighted by atomic mass is 14.9. The number of hydrogen-bond donors (Lipinski definition) is 1. The molecule has 0 aliphatic carbocycles. The smallest absolute Gasteiger partial charge is 0.0175 e. The molecule has 0 saturated carbocycles. The van der Waals surface area contributed by atoms with Gasteiger partial charge in [-0.25, -0.2) is 0 Å². The summed E-state index contributed by atoms with van der Waals surface area (Å²) in [5, 5.41) is 0. The normalized spacial score (nSPS) is 10.8. The van der Waals surface area contributed by atoms with Crippen molar-refractivity contribution in [1.29, 1.82) is 0 Å². The van der Waals surface area contributed by atoms with Gasteiger partial charge in [0.05, 0.1) is 0 Å². The lowest BCUT2D eigenvalue weighted by Gasteiger charge is -2.01. The lowest BCUT2D eigenvalue weighted by molar-refractivity contribution is 0.737. The first-order valence-electron chi connectivity index (χ1n) is 4.98. The van der Waals surface area contributed by atoms with Crippen LogP contribution in [0.15, 0.2) is 6.07 Å². The molecule has 0 aliphatic heterocycles. The van der Waals surface area contributed by atoms with Crippen LogP contribution in [0.1, 0.15) is 29.8 Å². The maximum atomic E-state index is 5.46. The molecule has 2 N–H and O–H groups in total. The first-order valence-corrected chi connectivity index (χ1v) is 4.98. The summed E-state index contributed by atoms with van der Waals surface area (Å²) in [5.74, 6) is 0. The molecule has 2 nitrogen and oxygen atoms in total. The minimum Gasteiger partial charge on any atom is -0.352 e. The van der Waals surface area contributed by atoms with Crippen molar-refractivity contribution in [2.24, 2.45) is 12.8 Å². The number of rotatable bonds is 4. The van der Waals surface area contributed by atoms with Gasteiger partial charge in [-0.15, -0.1) is 0 Å². The molecule has 1 aromatic heterocycles. The fraction of sp³-hybridized carbons (Fsp3) is 0.636. The third-order valence-electron chi connectivity index (χ3n) is 2.78. The zero-order chi connectivity index (χ0) is 9.84. The molecule has 0 aromatic carbocycles. The van der Waals surface area contributed by atoms with Crippen LogP contribution in [0.4, 0.5) is 0 Å². The van der Waals surface area contributed by atoms with Gasteiger partial charge in [0.15, 0.2) is 0 Å². The fourth-order valence-corrected chi connectivity index (χ4v) is 1.65. The largest absolute Gasteiger partial charge is 0.352 e. The maximum Gasteiger partial charge on any atom is 0.0175 e. The Labute approximate surface area is 80.7 Å². The van der Waals surface area contributed by atoms with Gasteiger partial charge in [-0.2, -0.15) is 0 Å². The van der Waals surface area contributed by atoms with Crippen LogP contribution in [0.5, 0.6) is 0 Å². The molecule has 0 atom stereocenters. The second kappa shape index (κ2) is 4.47. The van der Waals surface area contributed by atoms with Gasteiger partial charge in [-0.1, -0.05) is 0 Å². The van der Waals surface area contributed by atoms with Gasteiger partial charge in [0.1, 0.15) is 0 Å². The molecule has 0 fully saturated rings. The molecule has 0 radical (unpaired) electrons. The summed E-state index contributed by atoms with van der Waals surface area (Å²) < 4.78 is 2.25. The quantitative estimate of drug-likeness (QED) is 0.705. The number of unbranched alkanes of at least 4 members (excludes halogenated alkanes) is 1. The number of hydrogen-bond acceptors (Lipinski definition) is 1. The third kappa shape index (κ3) is 2.34. The van der Waals surface area contributed by atoms with Crippen molar-refractivity contribution in [3.05, 3.63) is 23.0 Å². The summed E-state index contributed by atoms with van der Waals surface area (Å²) in [5.41, 5.74) is 9.69. The minimum absolute atomic E-state index is 0.810. The fourth-order valence-electron chi connectivity index (χ4n) is 1.65. The average Bonchev–Trinajstić information content (AvgIpc) is 2.34. The summed E-state index contributed by atoms with van der Waals surface area (Å²) >= 11 is 0. The molecule has 0 unspecified atom stereocenters. The molecule has 0 saturated heterocycles. The minimum atomic E-state index is 0.810. The van der Waals surface area contributed by atoms with Crippen LogP contribution in [0.3, 0.4) is 0 Å². The van der Waals surface area contributed by atoms with Crippen molar-refractivity contribution < 1.29 is 0 Å². The van der Waals surface area contributed by atoms with Gasteiger partial charge in [0.25, 0.3) is 0 Å². The SMILES string of the molecule is Cc1cc(CCCCN)c(C)n1C. The van der Waals surface area contributed by atoms with Crippen LogP contribution in [0.2, 0.25) is 0 Å². The Morgan fingerprint density at radius 3 is 2.46 bits per heavy atom. The Bertz CT molecular complexity index is 274. The van der Waals surface area contributed by atoms with E-state index in [1.54, 1.807) is 0 Å². The molecule has 74 valence electrons. The first-order chi connectivity index (χ1) is 6.16. The number of nitrogens with two attached hydrogens (primary N) is 1. The second-order valence-corrected chi connectivity index (χ2v) is 3.70. The Morgan fingerprint density at radius 1 is 1.31 bits per heavy atom. The van der Waals surface area contributed by atoms with E-state index in [-0.39, 0.29) is 0 Å². The van der Waals surface area contributed by atoms with E-state index in [0.717, 1.165) is 13.0 Å². The Morgan fingerprint density at radius 2 is 2.00 bits per heavy atom. The topological polar surface area (TPSA) is 30.9 Å². The summed E-state index contributed by atoms with van der Waals surface area (Å²) in [6.45, 7) is 5.15. The van der Waals surface area contributed by atoms with E-state index in [2.05, 4.69) is 31.5 Å². The zero-order valence-corrected chi connectivity index (χ0v) is 8.93. The standard InChI is InChI=1S/C11H20N2/c1-9-8-11(6-4-5-7-12)10(2)13(9)3/h8H,4-7,12H2,1-3H3. The van der Waals surface area contributed by atoms with Gasteiger partial charge in [0.2, 0.25) is 0 Å². The summed E-state index contributed by atoms with van der Waals surface area (Å²) in [7, 11) is 2.12. The van der Waals surface area contributed by atoms with Crippen molar-refractivity contribution in [3.8, 4) is 0 Å². The van der Waals surface area contributed by atoms with E-state index in [4.69, 9.17) is 5.73 Å². The highest BCUT2D eigenvalue weighted by Crippen LogP contribution is 2.15. The van der Waals surface area contributed by atoms with E-state index in [1.165, 1.54) is 29.8 Å². The van der Waals surface area contributed by atoms with Crippen LogP contribution >= 0.6 is 0 Å². The third-order valence-corrected chi connectivity index (χ3v) is 2.78. The van der Waals surface area contributed by atoms with Crippen LogP contribution in [-0.4, -0.2) is 11.1 Å². The monoisotopic (exact) mass is 180 g/mol. The highest BCUT2D eigenvalue weighted by Gasteiger charge is 2.04. The first kappa shape index (κ1) is 10.3. The lowest BCUT2D eigenvalue weighted by atomic mass is 10.1. The van der Waals surface area contributed by atoms with Gasteiger partial charge < -0.3 is 10.3 Å². The molecule has 0 spiro atoms. The van der Waals surface area contributed by atoms with Crippen LogP contribution in [0, 0.1) is 13.8 Å². The number of aromatic nitrogens is 1. The van der Waals surface area contributed by atoms with E-state index >= 15 is 0 Å². The predicted octanol–water partition coefficient (Wildman–Crippen LogP) is 1.92. The molecule has 0 bridgehead atoms. The van der Waals surface area contributed by atoms with Crippen molar-refractivity contribution in [3.63, 3.8) is 0 Å². The predicted molar refractivity (Wildman–Crippen MR) is 56.9 cm³/mol. The van der Waals surface area contributed by atoms with Crippen LogP contribution < -0.4 is 5.73 Å². The molecule has 13 heavy (non-hydrogen) atoms. The molecule has 1 aromatic rings. The summed E-state index contributed by atoms with van der Waals surface area (Å²) in [6, 6.07) is 2.28. The molecule has 0 amide bonds. The molecule has 1 heterocycles. The number of aryl methyl sites for hydroxylation is 2. The summed E-state index contributed by atoms with van der Waals surface area (Å²) in [6.07, 6.45) is 3.51. The molecule has 2 heteroatoms. The van der Waals surface area contributed by atoms with E-state index in [9.17, 15) is 0 Å². The van der Waals surface area contributed by atoms with Gasteiger partial charge in [-0.3, -0.25) is 0 Å². The molecular weight excluding hydrogens is 160 g/mol. The Kier molecular flexibility index (Phi) is 3.55. The highest BCUT2D eigenvalue weighted by molar-refractivity contribution is 5.26. The summed E-state index contributed by atoms with van der Waals surface area (Å²) in [4.78, 5) is 0. The second-order valence-electron chi connectivity index (χ2n) is 3.70. The van der Waals surface area contributed by atoms with E-state index in [1.807, 2.05) is 0 Å². The van der Waals surface area contributed by atoms with Crippen molar-refractivity contribution >= 4 is 0 Å². The molecular formula is C11H20N2. The molecule has 1 rings (SSSR count). The maximum absolute atomic E-state index is 5.46. The van der Waals surface area contributed by atoms with Crippen LogP contribution in [-0.2, 0) is 13.5 Å². The van der Waals surface area contributed by atoms with E-state index < -0.39 is 0 Å². The van der Waals surface area contributed by atoms with Crippen molar-refractivity contribution in [2.75, 3.05) is 6.54 Å². The van der Waals surface area contributed by atoms with Gasteiger partial charge >= 0.3 is 0 Å². The Hall–Kier alpha value is -0.760. The average molecular weight is 180 g/mol. The van der Waals surface area contributed by atoms with Crippen molar-refractivity contribution in [2.45, 2.75) is 33.1 Å². The zero-order valence-electron chi connectivity index (χ0n) is 8.93. The van der Waals surface area contributed by atoms with Crippen molar-refractivity contribution in [1.82, 2.24) is 4.57 Å². The van der Waals surface area contributed by atoms with Gasteiger partial charge in [0, 0.05) is 18.4 Å². The van der Waals surface area contributed by atoms with Gasteiger partial charge in [-0.05, 0) is 51.3 Å². The number of nitrogens with zero attached hydrogens (tertiary/aromatic N) is 1. The van der Waals surface area contributed by atoms with Crippen LogP contribution in [0.25, 0.3) is 0 Å². The van der Waals surface area contributed by atoms with E-state index in [0.29, 0.717) is 0 Å². The molecule has 0 aliphatic rings. The Balaban J connectivity index is 2.61. The lowest BCUT2D eigenvalue weighted by Crippen LogP contribution is -1.99.